The van der Waals surface area contributed by atoms with Gasteiger partial charge in [0.05, 0.1) is 0 Å². The molecule has 0 spiro atoms. The van der Waals surface area contributed by atoms with Gasteiger partial charge in [-0.2, -0.15) is 13.2 Å². The SMILES string of the molecule is CC1(C(F)(F)F)N=NN=N1. The van der Waals surface area contributed by atoms with Gasteiger partial charge in [0.2, 0.25) is 0 Å². The van der Waals surface area contributed by atoms with Gasteiger partial charge in [-0.05, 0) is 17.4 Å². The van der Waals surface area contributed by atoms with Crippen molar-refractivity contribution in [3.63, 3.8) is 0 Å². The van der Waals surface area contributed by atoms with Gasteiger partial charge in [-0.1, -0.05) is 0 Å². The Kier molecular flexibility index (Phi) is 1.23. The zero-order valence-electron chi connectivity index (χ0n) is 4.92. The van der Waals surface area contributed by atoms with Gasteiger partial charge in [0.25, 0.3) is 5.66 Å². The average Bonchev–Trinajstić information content (AvgIpc) is 2.13. The molecule has 0 radical (unpaired) electrons. The summed E-state index contributed by atoms with van der Waals surface area (Å²) in [6.07, 6.45) is -4.50. The highest BCUT2D eigenvalue weighted by molar-refractivity contribution is 4.87. The summed E-state index contributed by atoms with van der Waals surface area (Å²) in [4.78, 5) is 0. The molecule has 0 aromatic rings. The Bertz CT molecular complexity index is 180. The first-order valence-electron chi connectivity index (χ1n) is 2.36. The van der Waals surface area contributed by atoms with E-state index < -0.39 is 11.8 Å². The van der Waals surface area contributed by atoms with E-state index in [1.54, 1.807) is 0 Å². The van der Waals surface area contributed by atoms with Crippen molar-refractivity contribution in [2.24, 2.45) is 20.7 Å². The molecule has 0 aliphatic carbocycles. The van der Waals surface area contributed by atoms with Crippen LogP contribution in [0.25, 0.3) is 0 Å². The molecule has 1 rings (SSSR count). The van der Waals surface area contributed by atoms with Crippen molar-refractivity contribution >= 4 is 0 Å². The smallest absolute Gasteiger partial charge is 0.166 e. The van der Waals surface area contributed by atoms with Crippen molar-refractivity contribution in [2.75, 3.05) is 0 Å². The van der Waals surface area contributed by atoms with Gasteiger partial charge in [-0.15, -0.1) is 10.2 Å². The lowest BCUT2D eigenvalue weighted by atomic mass is 10.2. The largest absolute Gasteiger partial charge is 0.437 e. The molecule has 0 aromatic heterocycles. The molecule has 0 unspecified atom stereocenters. The Morgan fingerprint density at radius 2 is 1.50 bits per heavy atom. The number of rotatable bonds is 0. The molecule has 0 saturated heterocycles. The second-order valence-corrected chi connectivity index (χ2v) is 1.90. The summed E-state index contributed by atoms with van der Waals surface area (Å²) in [6, 6.07) is 0. The van der Waals surface area contributed by atoms with Crippen LogP contribution in [0.2, 0.25) is 0 Å². The summed E-state index contributed by atoms with van der Waals surface area (Å²) < 4.78 is 35.5. The Balaban J connectivity index is 2.90. The van der Waals surface area contributed by atoms with Gasteiger partial charge < -0.3 is 0 Å². The van der Waals surface area contributed by atoms with Crippen LogP contribution in [-0.2, 0) is 0 Å². The summed E-state index contributed by atoms with van der Waals surface area (Å²) in [5.41, 5.74) is -2.45. The first-order chi connectivity index (χ1) is 4.46. The highest BCUT2D eigenvalue weighted by Crippen LogP contribution is 2.37. The predicted molar refractivity (Wildman–Crippen MR) is 24.2 cm³/mol. The summed E-state index contributed by atoms with van der Waals surface area (Å²) >= 11 is 0. The predicted octanol–water partition coefficient (Wildman–Crippen LogP) is 2.10. The van der Waals surface area contributed by atoms with Gasteiger partial charge in [0.1, 0.15) is 0 Å². The molecule has 1 aliphatic rings. The second kappa shape index (κ2) is 1.74. The minimum atomic E-state index is -4.50. The van der Waals surface area contributed by atoms with Crippen molar-refractivity contribution < 1.29 is 13.2 Å². The Hall–Kier alpha value is -1.01. The lowest BCUT2D eigenvalue weighted by Crippen LogP contribution is -2.36. The highest BCUT2D eigenvalue weighted by atomic mass is 19.4. The van der Waals surface area contributed by atoms with E-state index in [1.165, 1.54) is 0 Å². The van der Waals surface area contributed by atoms with Gasteiger partial charge in [0.15, 0.2) is 0 Å². The molecule has 4 nitrogen and oxygen atoms in total. The van der Waals surface area contributed by atoms with Crippen LogP contribution in [0.3, 0.4) is 0 Å². The van der Waals surface area contributed by atoms with Crippen molar-refractivity contribution in [1.82, 2.24) is 0 Å². The number of hydrogen-bond donors (Lipinski definition) is 0. The molecule has 0 amide bonds. The van der Waals surface area contributed by atoms with Crippen LogP contribution in [0, 0.1) is 0 Å². The van der Waals surface area contributed by atoms with E-state index in [9.17, 15) is 13.2 Å². The molecule has 0 saturated carbocycles. The van der Waals surface area contributed by atoms with E-state index in [1.807, 2.05) is 0 Å². The van der Waals surface area contributed by atoms with Crippen LogP contribution in [-0.4, -0.2) is 11.8 Å². The molecule has 56 valence electrons. The summed E-state index contributed by atoms with van der Waals surface area (Å²) in [6.45, 7) is 0.799. The normalized spacial score (nSPS) is 22.0. The van der Waals surface area contributed by atoms with Gasteiger partial charge in [-0.3, -0.25) is 0 Å². The minimum Gasteiger partial charge on any atom is -0.166 e. The maximum atomic E-state index is 11.8. The minimum absolute atomic E-state index is 0.799. The number of alkyl halides is 3. The molecule has 0 bridgehead atoms. The highest BCUT2D eigenvalue weighted by Gasteiger charge is 2.54. The van der Waals surface area contributed by atoms with E-state index in [0.717, 1.165) is 6.92 Å². The molecule has 0 N–H and O–H groups in total. The molecule has 7 heteroatoms. The monoisotopic (exact) mass is 152 g/mol. The van der Waals surface area contributed by atoms with E-state index in [4.69, 9.17) is 0 Å². The maximum Gasteiger partial charge on any atom is 0.437 e. The molecule has 0 aromatic carbocycles. The topological polar surface area (TPSA) is 49.4 Å². The number of nitrogens with zero attached hydrogens (tertiary/aromatic N) is 4. The number of halogens is 3. The zero-order valence-corrected chi connectivity index (χ0v) is 4.92. The van der Waals surface area contributed by atoms with Gasteiger partial charge >= 0.3 is 6.18 Å². The molecule has 10 heavy (non-hydrogen) atoms. The van der Waals surface area contributed by atoms with Crippen LogP contribution >= 0.6 is 0 Å². The van der Waals surface area contributed by atoms with Crippen LogP contribution in [0.1, 0.15) is 6.92 Å². The summed E-state index contributed by atoms with van der Waals surface area (Å²) in [7, 11) is 0. The first-order valence-corrected chi connectivity index (χ1v) is 2.36. The fourth-order valence-corrected chi connectivity index (χ4v) is 0.348. The third-order valence-corrected chi connectivity index (χ3v) is 1.06. The fraction of sp³-hybridized carbons (Fsp3) is 1.00. The molecular formula is C3H3F3N4. The van der Waals surface area contributed by atoms with Crippen LogP contribution < -0.4 is 0 Å². The third kappa shape index (κ3) is 0.869. The molecular weight excluding hydrogens is 149 g/mol. The van der Waals surface area contributed by atoms with E-state index in [2.05, 4.69) is 20.7 Å². The van der Waals surface area contributed by atoms with Crippen LogP contribution in [0.5, 0.6) is 0 Å². The fourth-order valence-electron chi connectivity index (χ4n) is 0.348. The summed E-state index contributed by atoms with van der Waals surface area (Å²) in [5.74, 6) is 0. The van der Waals surface area contributed by atoms with Crippen molar-refractivity contribution in [3.05, 3.63) is 0 Å². The summed E-state index contributed by atoms with van der Waals surface area (Å²) in [5, 5.41) is 11.1. The van der Waals surface area contributed by atoms with Crippen LogP contribution in [0.4, 0.5) is 13.2 Å². The Morgan fingerprint density at radius 3 is 1.70 bits per heavy atom. The van der Waals surface area contributed by atoms with Gasteiger partial charge in [-0.25, -0.2) is 0 Å². The Labute approximate surface area is 53.8 Å². The van der Waals surface area contributed by atoms with Crippen molar-refractivity contribution in [3.8, 4) is 0 Å². The maximum absolute atomic E-state index is 11.8. The van der Waals surface area contributed by atoms with Crippen molar-refractivity contribution in [2.45, 2.75) is 18.8 Å². The second-order valence-electron chi connectivity index (χ2n) is 1.90. The molecule has 1 heterocycles. The van der Waals surface area contributed by atoms with Crippen LogP contribution in [0.15, 0.2) is 20.7 Å². The van der Waals surface area contributed by atoms with E-state index in [0.29, 0.717) is 0 Å². The lowest BCUT2D eigenvalue weighted by Gasteiger charge is -2.16. The average molecular weight is 152 g/mol. The van der Waals surface area contributed by atoms with Crippen molar-refractivity contribution in [1.29, 1.82) is 0 Å². The number of hydrogen-bond acceptors (Lipinski definition) is 4. The van der Waals surface area contributed by atoms with Gasteiger partial charge in [0, 0.05) is 0 Å². The third-order valence-electron chi connectivity index (χ3n) is 1.06. The van der Waals surface area contributed by atoms with E-state index in [-0.39, 0.29) is 0 Å². The first kappa shape index (κ1) is 7.10. The standard InChI is InChI=1S/C3H3F3N4/c1-2(3(4,5)6)7-9-10-8-2/h1H3. The molecule has 1 aliphatic heterocycles. The quantitative estimate of drug-likeness (QED) is 0.510. The van der Waals surface area contributed by atoms with E-state index >= 15 is 0 Å². The lowest BCUT2D eigenvalue weighted by molar-refractivity contribution is -0.177. The molecule has 0 atom stereocenters. The zero-order chi connectivity index (χ0) is 7.83. The Morgan fingerprint density at radius 1 is 1.10 bits per heavy atom. The molecule has 0 fully saturated rings.